The fraction of sp³-hybridized carbons (Fsp3) is 0. The minimum Gasteiger partial charge on any atom is -0.277 e. The summed E-state index contributed by atoms with van der Waals surface area (Å²) in [5.74, 6) is 1.20. The van der Waals surface area contributed by atoms with E-state index in [-0.39, 0.29) is 5.56 Å². The highest BCUT2D eigenvalue weighted by atomic mass is 16.1. The van der Waals surface area contributed by atoms with Crippen molar-refractivity contribution in [2.75, 3.05) is 0 Å². The average Bonchev–Trinajstić information content (AvgIpc) is 3.67. The first-order chi connectivity index (χ1) is 22.8. The standard InChI is InChI=1S/C40H23N5O/c46-39-28-19-8-7-18-27(28)34-36-30(23-32-37(34)45(39)38(41-32)25-15-5-2-6-16-25)26-17-10-12-22-33(26)44(36)40-42-31-21-11-9-20-29(31)35(43-40)24-13-3-1-4-14-24/h1-23H. The molecule has 10 rings (SSSR count). The molecule has 46 heavy (non-hydrogen) atoms. The summed E-state index contributed by atoms with van der Waals surface area (Å²) in [7, 11) is 0. The first-order valence-electron chi connectivity index (χ1n) is 15.3. The van der Waals surface area contributed by atoms with Crippen molar-refractivity contribution in [1.82, 2.24) is 23.9 Å². The van der Waals surface area contributed by atoms with Gasteiger partial charge in [-0.05, 0) is 29.7 Å². The summed E-state index contributed by atoms with van der Waals surface area (Å²) in [5.41, 5.74) is 7.06. The number of imidazole rings is 1. The predicted molar refractivity (Wildman–Crippen MR) is 186 cm³/mol. The van der Waals surface area contributed by atoms with Gasteiger partial charge in [0.05, 0.1) is 33.3 Å². The Morgan fingerprint density at radius 1 is 0.478 bits per heavy atom. The van der Waals surface area contributed by atoms with Crippen LogP contribution in [0, 0.1) is 0 Å². The van der Waals surface area contributed by atoms with Gasteiger partial charge in [-0.1, -0.05) is 115 Å². The van der Waals surface area contributed by atoms with Crippen LogP contribution in [0.3, 0.4) is 0 Å². The van der Waals surface area contributed by atoms with Gasteiger partial charge in [-0.2, -0.15) is 0 Å². The van der Waals surface area contributed by atoms with Crippen LogP contribution in [0.1, 0.15) is 0 Å². The van der Waals surface area contributed by atoms with Gasteiger partial charge < -0.3 is 0 Å². The minimum atomic E-state index is -0.0835. The van der Waals surface area contributed by atoms with Crippen molar-refractivity contribution in [3.63, 3.8) is 0 Å². The molecule has 0 atom stereocenters. The molecule has 0 aliphatic heterocycles. The SMILES string of the molecule is O=c1c2ccccc2c2c3c(cc4nc(-c5ccccc5)n1c42)c1ccccc1n3-c1nc(-c2ccccc2)c2ccccc2n1. The van der Waals surface area contributed by atoms with Gasteiger partial charge in [-0.3, -0.25) is 13.8 Å². The van der Waals surface area contributed by atoms with E-state index in [1.165, 1.54) is 0 Å². The molecule has 0 aliphatic rings. The van der Waals surface area contributed by atoms with E-state index in [1.54, 1.807) is 4.40 Å². The molecule has 0 fully saturated rings. The van der Waals surface area contributed by atoms with Crippen molar-refractivity contribution < 1.29 is 0 Å². The number of nitrogens with zero attached hydrogens (tertiary/aromatic N) is 5. The summed E-state index contributed by atoms with van der Waals surface area (Å²) >= 11 is 0. The third-order valence-corrected chi connectivity index (χ3v) is 9.07. The van der Waals surface area contributed by atoms with Crippen LogP contribution in [0.2, 0.25) is 0 Å². The molecular weight excluding hydrogens is 566 g/mol. The Bertz CT molecular complexity index is 2870. The van der Waals surface area contributed by atoms with E-state index in [2.05, 4.69) is 47.0 Å². The van der Waals surface area contributed by atoms with Crippen LogP contribution in [0.15, 0.2) is 144 Å². The number of hydrogen-bond donors (Lipinski definition) is 0. The van der Waals surface area contributed by atoms with Crippen LogP contribution in [0.5, 0.6) is 0 Å². The third-order valence-electron chi connectivity index (χ3n) is 9.07. The highest BCUT2D eigenvalue weighted by Gasteiger charge is 2.25. The molecule has 6 heteroatoms. The lowest BCUT2D eigenvalue weighted by Gasteiger charge is -2.13. The van der Waals surface area contributed by atoms with Gasteiger partial charge in [0.1, 0.15) is 5.82 Å². The second-order valence-corrected chi connectivity index (χ2v) is 11.6. The van der Waals surface area contributed by atoms with Crippen LogP contribution in [-0.4, -0.2) is 23.9 Å². The van der Waals surface area contributed by atoms with E-state index >= 15 is 0 Å². The third kappa shape index (κ3) is 3.35. The van der Waals surface area contributed by atoms with E-state index in [0.717, 1.165) is 71.3 Å². The molecular formula is C40H23N5O. The number of para-hydroxylation sites is 2. The lowest BCUT2D eigenvalue weighted by molar-refractivity contribution is 1.02. The van der Waals surface area contributed by atoms with Gasteiger partial charge in [0.2, 0.25) is 5.95 Å². The lowest BCUT2D eigenvalue weighted by atomic mass is 10.0. The second kappa shape index (κ2) is 9.30. The largest absolute Gasteiger partial charge is 0.277 e. The fourth-order valence-electron chi connectivity index (χ4n) is 7.11. The zero-order valence-electron chi connectivity index (χ0n) is 24.4. The van der Waals surface area contributed by atoms with E-state index < -0.39 is 0 Å². The van der Waals surface area contributed by atoms with Crippen molar-refractivity contribution in [2.24, 2.45) is 0 Å². The maximum Gasteiger partial charge on any atom is 0.264 e. The van der Waals surface area contributed by atoms with Crippen molar-refractivity contribution in [3.8, 4) is 28.6 Å². The van der Waals surface area contributed by atoms with Gasteiger partial charge >= 0.3 is 0 Å². The highest BCUT2D eigenvalue weighted by Crippen LogP contribution is 2.42. The molecule has 214 valence electrons. The molecule has 6 nitrogen and oxygen atoms in total. The maximum absolute atomic E-state index is 14.3. The zero-order chi connectivity index (χ0) is 30.4. The Hall–Kier alpha value is -6.40. The zero-order valence-corrected chi connectivity index (χ0v) is 24.4. The average molecular weight is 590 g/mol. The minimum absolute atomic E-state index is 0.0835. The number of fused-ring (bicyclic) bond motifs is 7. The van der Waals surface area contributed by atoms with Crippen LogP contribution in [-0.2, 0) is 0 Å². The van der Waals surface area contributed by atoms with Gasteiger partial charge in [-0.15, -0.1) is 0 Å². The van der Waals surface area contributed by atoms with E-state index in [0.29, 0.717) is 17.2 Å². The van der Waals surface area contributed by atoms with Gasteiger partial charge in [0.25, 0.3) is 5.56 Å². The number of benzene rings is 6. The molecule has 0 aliphatic carbocycles. The highest BCUT2D eigenvalue weighted by molar-refractivity contribution is 6.28. The Labute approximate surface area is 261 Å². The first-order valence-corrected chi connectivity index (χ1v) is 15.3. The van der Waals surface area contributed by atoms with Gasteiger partial charge in [0.15, 0.2) is 0 Å². The first kappa shape index (κ1) is 25.0. The molecule has 6 aromatic carbocycles. The van der Waals surface area contributed by atoms with Crippen molar-refractivity contribution >= 4 is 59.9 Å². The second-order valence-electron chi connectivity index (χ2n) is 11.6. The summed E-state index contributed by atoms with van der Waals surface area (Å²) in [6.45, 7) is 0. The lowest BCUT2D eigenvalue weighted by Crippen LogP contribution is -2.14. The van der Waals surface area contributed by atoms with E-state index in [1.807, 2.05) is 97.1 Å². The fourth-order valence-corrected chi connectivity index (χ4v) is 7.11. The molecule has 0 saturated carbocycles. The molecule has 10 aromatic rings. The number of hydrogen-bond acceptors (Lipinski definition) is 4. The normalized spacial score (nSPS) is 12.0. The summed E-state index contributed by atoms with van der Waals surface area (Å²) in [5, 5.41) is 5.56. The summed E-state index contributed by atoms with van der Waals surface area (Å²) in [4.78, 5) is 29.9. The van der Waals surface area contributed by atoms with Crippen LogP contribution >= 0.6 is 0 Å². The topological polar surface area (TPSA) is 65.1 Å². The van der Waals surface area contributed by atoms with E-state index in [4.69, 9.17) is 15.0 Å². The summed E-state index contributed by atoms with van der Waals surface area (Å²) in [6.07, 6.45) is 0. The van der Waals surface area contributed by atoms with Crippen molar-refractivity contribution in [1.29, 1.82) is 0 Å². The Morgan fingerprint density at radius 2 is 1.11 bits per heavy atom. The Morgan fingerprint density at radius 3 is 1.89 bits per heavy atom. The van der Waals surface area contributed by atoms with Crippen LogP contribution < -0.4 is 5.56 Å². The quantitative estimate of drug-likeness (QED) is 0.193. The summed E-state index contributed by atoms with van der Waals surface area (Å²) in [6, 6.07) is 46.7. The number of pyridine rings is 1. The smallest absolute Gasteiger partial charge is 0.264 e. The number of aromatic nitrogens is 5. The van der Waals surface area contributed by atoms with Gasteiger partial charge in [0, 0.05) is 38.1 Å². The Balaban J connectivity index is 1.45. The van der Waals surface area contributed by atoms with Crippen LogP contribution in [0.25, 0.3) is 88.5 Å². The van der Waals surface area contributed by atoms with Crippen molar-refractivity contribution in [3.05, 3.63) is 150 Å². The molecule has 0 bridgehead atoms. The molecule has 0 amide bonds. The molecule has 0 saturated heterocycles. The molecule has 4 aromatic heterocycles. The van der Waals surface area contributed by atoms with Gasteiger partial charge in [-0.25, -0.2) is 15.0 Å². The Kier molecular flexibility index (Phi) is 5.05. The van der Waals surface area contributed by atoms with Crippen molar-refractivity contribution in [2.45, 2.75) is 0 Å². The predicted octanol–water partition coefficient (Wildman–Crippen LogP) is 8.81. The molecule has 0 unspecified atom stereocenters. The molecule has 0 spiro atoms. The van der Waals surface area contributed by atoms with Crippen LogP contribution in [0.4, 0.5) is 0 Å². The molecule has 0 N–H and O–H groups in total. The monoisotopic (exact) mass is 589 g/mol. The molecule has 4 heterocycles. The summed E-state index contributed by atoms with van der Waals surface area (Å²) < 4.78 is 3.96. The van der Waals surface area contributed by atoms with E-state index in [9.17, 15) is 4.79 Å². The number of rotatable bonds is 3. The molecule has 0 radical (unpaired) electrons. The maximum atomic E-state index is 14.3.